The minimum atomic E-state index is -0.717. The third-order valence-electron chi connectivity index (χ3n) is 6.72. The number of hydrogen-bond acceptors (Lipinski definition) is 4. The van der Waals surface area contributed by atoms with Gasteiger partial charge in [0.25, 0.3) is 5.91 Å². The number of carbonyl (C=O) groups is 3. The number of nitrogens with zero attached hydrogens (tertiary/aromatic N) is 2. The molecular weight excluding hydrogens is 447 g/mol. The fourth-order valence-electron chi connectivity index (χ4n) is 5.08. The van der Waals surface area contributed by atoms with Gasteiger partial charge in [-0.25, -0.2) is 14.1 Å². The van der Waals surface area contributed by atoms with Crippen LogP contribution >= 0.6 is 0 Å². The number of fused-ring (bicyclic) bond motifs is 1. The highest BCUT2D eigenvalue weighted by Gasteiger charge is 2.37. The molecule has 7 nitrogen and oxygen atoms in total. The first-order valence-electron chi connectivity index (χ1n) is 11.8. The van der Waals surface area contributed by atoms with E-state index < -0.39 is 30.2 Å². The SMILES string of the molecule is CCN1c2cc(F)c(/C=C3/NC(=O)N(CC(=O)Nc4ccc(C)cc4)C3=O)cc2C(C)CC1(C)C. The molecule has 35 heavy (non-hydrogen) atoms. The molecule has 2 aromatic carbocycles. The first-order chi connectivity index (χ1) is 16.5. The maximum atomic E-state index is 15.1. The number of halogens is 1. The zero-order chi connectivity index (χ0) is 25.5. The molecule has 0 aliphatic carbocycles. The molecule has 0 radical (unpaired) electrons. The van der Waals surface area contributed by atoms with Crippen molar-refractivity contribution in [3.05, 3.63) is 64.6 Å². The molecule has 4 amide bonds. The van der Waals surface area contributed by atoms with Crippen molar-refractivity contribution in [1.29, 1.82) is 0 Å². The summed E-state index contributed by atoms with van der Waals surface area (Å²) in [7, 11) is 0. The van der Waals surface area contributed by atoms with Crippen LogP contribution in [0.1, 0.15) is 56.7 Å². The molecule has 4 rings (SSSR count). The Morgan fingerprint density at radius 3 is 2.57 bits per heavy atom. The van der Waals surface area contributed by atoms with E-state index in [9.17, 15) is 14.4 Å². The summed E-state index contributed by atoms with van der Waals surface area (Å²) in [6, 6.07) is 9.72. The Hall–Kier alpha value is -3.68. The summed E-state index contributed by atoms with van der Waals surface area (Å²) in [5.41, 5.74) is 3.54. The van der Waals surface area contributed by atoms with Crippen LogP contribution in [0.2, 0.25) is 0 Å². The summed E-state index contributed by atoms with van der Waals surface area (Å²) in [6.07, 6.45) is 2.26. The van der Waals surface area contributed by atoms with Crippen molar-refractivity contribution in [3.8, 4) is 0 Å². The molecule has 0 aromatic heterocycles. The fourth-order valence-corrected chi connectivity index (χ4v) is 5.08. The minimum Gasteiger partial charge on any atom is -0.366 e. The van der Waals surface area contributed by atoms with Gasteiger partial charge >= 0.3 is 6.03 Å². The van der Waals surface area contributed by atoms with E-state index in [2.05, 4.69) is 36.3 Å². The van der Waals surface area contributed by atoms with Crippen LogP contribution in [-0.4, -0.2) is 41.4 Å². The van der Waals surface area contributed by atoms with Gasteiger partial charge in [0.1, 0.15) is 18.1 Å². The lowest BCUT2D eigenvalue weighted by molar-refractivity contribution is -0.127. The van der Waals surface area contributed by atoms with Gasteiger partial charge < -0.3 is 15.5 Å². The highest BCUT2D eigenvalue weighted by molar-refractivity contribution is 6.16. The molecule has 1 saturated heterocycles. The van der Waals surface area contributed by atoms with E-state index in [1.807, 2.05) is 26.0 Å². The molecule has 0 saturated carbocycles. The third-order valence-corrected chi connectivity index (χ3v) is 6.72. The average Bonchev–Trinajstić information content (AvgIpc) is 3.03. The second-order valence-electron chi connectivity index (χ2n) is 9.89. The van der Waals surface area contributed by atoms with Crippen LogP contribution in [-0.2, 0) is 9.59 Å². The van der Waals surface area contributed by atoms with Crippen molar-refractivity contribution in [1.82, 2.24) is 10.2 Å². The zero-order valence-corrected chi connectivity index (χ0v) is 20.7. The minimum absolute atomic E-state index is 0.0619. The topological polar surface area (TPSA) is 81.8 Å². The Kier molecular flexibility index (Phi) is 6.40. The summed E-state index contributed by atoms with van der Waals surface area (Å²) in [5.74, 6) is -1.45. The van der Waals surface area contributed by atoms with Crippen molar-refractivity contribution >= 4 is 35.3 Å². The third kappa shape index (κ3) is 4.78. The van der Waals surface area contributed by atoms with Gasteiger partial charge in [0.05, 0.1) is 0 Å². The normalized spacial score (nSPS) is 20.2. The van der Waals surface area contributed by atoms with Crippen molar-refractivity contribution in [3.63, 3.8) is 0 Å². The van der Waals surface area contributed by atoms with Gasteiger partial charge in [-0.15, -0.1) is 0 Å². The van der Waals surface area contributed by atoms with Crippen LogP contribution in [0.15, 0.2) is 42.1 Å². The van der Waals surface area contributed by atoms with Gasteiger partial charge in [-0.05, 0) is 75.9 Å². The number of aryl methyl sites for hydroxylation is 1. The van der Waals surface area contributed by atoms with Gasteiger partial charge in [-0.3, -0.25) is 9.59 Å². The van der Waals surface area contributed by atoms with Crippen LogP contribution in [0, 0.1) is 12.7 Å². The van der Waals surface area contributed by atoms with E-state index in [-0.39, 0.29) is 22.7 Å². The summed E-state index contributed by atoms with van der Waals surface area (Å²) in [5, 5.41) is 5.14. The molecule has 0 bridgehead atoms. The van der Waals surface area contributed by atoms with E-state index in [0.717, 1.165) is 34.7 Å². The van der Waals surface area contributed by atoms with Crippen LogP contribution in [0.25, 0.3) is 6.08 Å². The lowest BCUT2D eigenvalue weighted by Crippen LogP contribution is -2.48. The van der Waals surface area contributed by atoms with E-state index in [1.54, 1.807) is 18.2 Å². The maximum Gasteiger partial charge on any atom is 0.329 e. The van der Waals surface area contributed by atoms with Crippen molar-refractivity contribution in [2.24, 2.45) is 0 Å². The highest BCUT2D eigenvalue weighted by atomic mass is 19.1. The summed E-state index contributed by atoms with van der Waals surface area (Å²) in [6.45, 7) is 10.7. The lowest BCUT2D eigenvalue weighted by atomic mass is 9.79. The molecule has 1 fully saturated rings. The summed E-state index contributed by atoms with van der Waals surface area (Å²) >= 11 is 0. The Bertz CT molecular complexity index is 1220. The smallest absolute Gasteiger partial charge is 0.329 e. The van der Waals surface area contributed by atoms with Crippen molar-refractivity contribution in [2.45, 2.75) is 52.5 Å². The Balaban J connectivity index is 1.55. The predicted octanol–water partition coefficient (Wildman–Crippen LogP) is 4.78. The Morgan fingerprint density at radius 2 is 1.91 bits per heavy atom. The summed E-state index contributed by atoms with van der Waals surface area (Å²) < 4.78 is 15.1. The van der Waals surface area contributed by atoms with Crippen LogP contribution in [0.4, 0.5) is 20.6 Å². The van der Waals surface area contributed by atoms with Crippen LogP contribution < -0.4 is 15.5 Å². The largest absolute Gasteiger partial charge is 0.366 e. The number of amides is 4. The van der Waals surface area contributed by atoms with E-state index in [0.29, 0.717) is 5.69 Å². The number of urea groups is 1. The van der Waals surface area contributed by atoms with Gasteiger partial charge in [0.15, 0.2) is 0 Å². The molecule has 2 aliphatic heterocycles. The molecule has 2 heterocycles. The number of carbonyl (C=O) groups excluding carboxylic acids is 3. The monoisotopic (exact) mass is 478 g/mol. The average molecular weight is 479 g/mol. The van der Waals surface area contributed by atoms with E-state index in [1.165, 1.54) is 12.1 Å². The molecule has 2 N–H and O–H groups in total. The molecule has 1 atom stereocenters. The molecule has 2 aliphatic rings. The fraction of sp³-hybridized carbons (Fsp3) is 0.370. The van der Waals surface area contributed by atoms with Gasteiger partial charge in [-0.2, -0.15) is 0 Å². The molecule has 184 valence electrons. The lowest BCUT2D eigenvalue weighted by Gasteiger charge is -2.47. The molecule has 8 heteroatoms. The molecule has 2 aromatic rings. The number of anilines is 2. The zero-order valence-electron chi connectivity index (χ0n) is 20.7. The van der Waals surface area contributed by atoms with Gasteiger partial charge in [0.2, 0.25) is 5.91 Å². The quantitative estimate of drug-likeness (QED) is 0.479. The second-order valence-corrected chi connectivity index (χ2v) is 9.89. The Morgan fingerprint density at radius 1 is 1.23 bits per heavy atom. The summed E-state index contributed by atoms with van der Waals surface area (Å²) in [4.78, 5) is 40.7. The number of nitrogens with one attached hydrogen (secondary N) is 2. The van der Waals surface area contributed by atoms with Crippen LogP contribution in [0.5, 0.6) is 0 Å². The standard InChI is InChI=1S/C27H31FN4O3/c1-6-32-23-13-21(28)18(11-20(23)17(3)14-27(32,4)5)12-22-25(34)31(26(35)30-22)15-24(33)29-19-9-7-16(2)8-10-19/h7-13,17H,6,14-15H2,1-5H3,(H,29,33)(H,30,35)/b22-12+. The van der Waals surface area contributed by atoms with Gasteiger partial charge in [-0.1, -0.05) is 24.6 Å². The van der Waals surface area contributed by atoms with Crippen molar-refractivity contribution in [2.75, 3.05) is 23.3 Å². The first kappa shape index (κ1) is 24.4. The second kappa shape index (κ2) is 9.17. The van der Waals surface area contributed by atoms with Crippen molar-refractivity contribution < 1.29 is 18.8 Å². The first-order valence-corrected chi connectivity index (χ1v) is 11.8. The van der Waals surface area contributed by atoms with Gasteiger partial charge in [0, 0.05) is 29.0 Å². The maximum absolute atomic E-state index is 15.1. The molecule has 0 spiro atoms. The van der Waals surface area contributed by atoms with E-state index >= 15 is 4.39 Å². The van der Waals surface area contributed by atoms with E-state index in [4.69, 9.17) is 0 Å². The predicted molar refractivity (Wildman–Crippen MR) is 135 cm³/mol. The Labute approximate surface area is 205 Å². The number of imide groups is 1. The van der Waals surface area contributed by atoms with Crippen LogP contribution in [0.3, 0.4) is 0 Å². The molecule has 1 unspecified atom stereocenters. The number of rotatable bonds is 5. The molecular formula is C27H31FN4O3. The number of hydrogen-bond donors (Lipinski definition) is 2. The number of benzene rings is 2. The highest BCUT2D eigenvalue weighted by Crippen LogP contribution is 2.44.